The van der Waals surface area contributed by atoms with Crippen LogP contribution in [0.2, 0.25) is 5.02 Å². The fourth-order valence-corrected chi connectivity index (χ4v) is 4.53. The van der Waals surface area contributed by atoms with Gasteiger partial charge < -0.3 is 9.84 Å². The van der Waals surface area contributed by atoms with Gasteiger partial charge in [-0.2, -0.15) is 4.98 Å². The van der Waals surface area contributed by atoms with Crippen molar-refractivity contribution in [3.63, 3.8) is 0 Å². The molecule has 2 atom stereocenters. The predicted molar refractivity (Wildman–Crippen MR) is 125 cm³/mol. The summed E-state index contributed by atoms with van der Waals surface area (Å²) in [7, 11) is 0. The molecule has 2 aromatic carbocycles. The Balaban J connectivity index is 1.37. The molecular weight excluding hydrogens is 424 g/mol. The Morgan fingerprint density at radius 3 is 2.91 bits per heavy atom. The van der Waals surface area contributed by atoms with E-state index in [0.29, 0.717) is 29.8 Å². The highest BCUT2D eigenvalue weighted by molar-refractivity contribution is 6.30. The first-order valence-electron chi connectivity index (χ1n) is 11.2. The van der Waals surface area contributed by atoms with Crippen molar-refractivity contribution in [2.24, 2.45) is 5.92 Å². The molecule has 1 aliphatic rings. The normalized spacial score (nSPS) is 17.8. The number of hydrogen-bond donors (Lipinski definition) is 1. The lowest BCUT2D eigenvalue weighted by molar-refractivity contribution is -0.127. The van der Waals surface area contributed by atoms with Crippen LogP contribution < -0.4 is 5.32 Å². The summed E-state index contributed by atoms with van der Waals surface area (Å²) in [5, 5.41) is 8.00. The highest BCUT2D eigenvalue weighted by Crippen LogP contribution is 2.24. The lowest BCUT2D eigenvalue weighted by Crippen LogP contribution is -2.43. The second-order valence-corrected chi connectivity index (χ2v) is 8.86. The molecule has 32 heavy (non-hydrogen) atoms. The van der Waals surface area contributed by atoms with Crippen LogP contribution in [0.3, 0.4) is 0 Å². The number of carbonyl (C=O) groups excluding carboxylic acids is 1. The zero-order valence-corrected chi connectivity index (χ0v) is 19.3. The minimum Gasteiger partial charge on any atom is -0.349 e. The van der Waals surface area contributed by atoms with Gasteiger partial charge in [-0.25, -0.2) is 0 Å². The second kappa shape index (κ2) is 10.3. The largest absolute Gasteiger partial charge is 0.349 e. The molecule has 1 fully saturated rings. The molecule has 1 N–H and O–H groups in total. The average molecular weight is 453 g/mol. The number of carbonyl (C=O) groups is 1. The number of benzene rings is 2. The third-order valence-corrected chi connectivity index (χ3v) is 6.31. The number of amides is 1. The van der Waals surface area contributed by atoms with E-state index >= 15 is 0 Å². The molecule has 1 aliphatic heterocycles. The number of piperidine rings is 1. The minimum absolute atomic E-state index is 0.0373. The van der Waals surface area contributed by atoms with Crippen molar-refractivity contribution < 1.29 is 9.32 Å². The smallest absolute Gasteiger partial charge is 0.241 e. The molecule has 6 nitrogen and oxygen atoms in total. The summed E-state index contributed by atoms with van der Waals surface area (Å²) in [6.07, 6.45) is 2.72. The summed E-state index contributed by atoms with van der Waals surface area (Å²) in [4.78, 5) is 19.8. The van der Waals surface area contributed by atoms with Crippen LogP contribution in [-0.2, 0) is 11.3 Å². The molecule has 0 spiro atoms. The molecule has 2 unspecified atom stereocenters. The van der Waals surface area contributed by atoms with Crippen molar-refractivity contribution in [1.82, 2.24) is 20.4 Å². The molecule has 1 aromatic heterocycles. The number of nitrogens with zero attached hydrogens (tertiary/aromatic N) is 3. The Bertz CT molecular complexity index is 1070. The van der Waals surface area contributed by atoms with Crippen molar-refractivity contribution in [3.05, 3.63) is 70.6 Å². The molecule has 0 saturated carbocycles. The third kappa shape index (κ3) is 5.37. The Hall–Kier alpha value is -2.70. The lowest BCUT2D eigenvalue weighted by atomic mass is 9.94. The van der Waals surface area contributed by atoms with Crippen LogP contribution in [0.1, 0.15) is 49.2 Å². The van der Waals surface area contributed by atoms with Gasteiger partial charge in [-0.15, -0.1) is 0 Å². The van der Waals surface area contributed by atoms with Crippen molar-refractivity contribution >= 4 is 17.5 Å². The van der Waals surface area contributed by atoms with Crippen LogP contribution in [0.5, 0.6) is 0 Å². The van der Waals surface area contributed by atoms with E-state index in [1.54, 1.807) is 0 Å². The molecule has 0 bridgehead atoms. The van der Waals surface area contributed by atoms with E-state index < -0.39 is 0 Å². The first-order valence-corrected chi connectivity index (χ1v) is 11.6. The summed E-state index contributed by atoms with van der Waals surface area (Å²) < 4.78 is 5.46. The van der Waals surface area contributed by atoms with Crippen molar-refractivity contribution in [2.45, 2.75) is 45.7 Å². The van der Waals surface area contributed by atoms with Gasteiger partial charge in [0.1, 0.15) is 0 Å². The van der Waals surface area contributed by atoms with Gasteiger partial charge in [0.25, 0.3) is 0 Å². The Morgan fingerprint density at radius 1 is 1.28 bits per heavy atom. The number of halogens is 1. The summed E-state index contributed by atoms with van der Waals surface area (Å²) in [5.74, 6) is 1.15. The van der Waals surface area contributed by atoms with Crippen LogP contribution in [-0.4, -0.2) is 34.0 Å². The monoisotopic (exact) mass is 452 g/mol. The van der Waals surface area contributed by atoms with E-state index in [1.165, 1.54) is 11.1 Å². The summed E-state index contributed by atoms with van der Waals surface area (Å²) in [6.45, 7) is 6.33. The molecule has 4 rings (SSSR count). The fraction of sp³-hybridized carbons (Fsp3) is 0.400. The lowest BCUT2D eigenvalue weighted by Gasteiger charge is -2.32. The molecular formula is C25H29ClN4O2. The van der Waals surface area contributed by atoms with Gasteiger partial charge >= 0.3 is 0 Å². The van der Waals surface area contributed by atoms with Gasteiger partial charge in [-0.05, 0) is 56.0 Å². The maximum atomic E-state index is 13.1. The van der Waals surface area contributed by atoms with E-state index in [0.717, 1.165) is 31.4 Å². The maximum absolute atomic E-state index is 13.1. The number of aryl methyl sites for hydroxylation is 1. The van der Waals surface area contributed by atoms with E-state index in [4.69, 9.17) is 16.1 Å². The highest BCUT2D eigenvalue weighted by Gasteiger charge is 2.28. The fourth-order valence-electron chi connectivity index (χ4n) is 4.34. The third-order valence-electron chi connectivity index (χ3n) is 6.07. The Labute approximate surface area is 194 Å². The average Bonchev–Trinajstić information content (AvgIpc) is 3.26. The van der Waals surface area contributed by atoms with Gasteiger partial charge in [-0.3, -0.25) is 9.69 Å². The Kier molecular flexibility index (Phi) is 7.22. The van der Waals surface area contributed by atoms with E-state index in [2.05, 4.69) is 46.3 Å². The second-order valence-electron chi connectivity index (χ2n) is 8.42. The summed E-state index contributed by atoms with van der Waals surface area (Å²) >= 11 is 6.06. The molecule has 0 aliphatic carbocycles. The van der Waals surface area contributed by atoms with E-state index in [9.17, 15) is 4.79 Å². The van der Waals surface area contributed by atoms with Crippen molar-refractivity contribution in [2.75, 3.05) is 13.1 Å². The standard InChI is InChI=1S/C25H29ClN4O2/c1-3-22(21-12-5-4-8-17(21)2)27-25(31)19-10-7-13-30(15-19)16-23-28-24(29-32-23)18-9-6-11-20(26)14-18/h4-6,8-9,11-12,14,19,22H,3,7,10,13,15-16H2,1-2H3,(H,27,31). The quantitative estimate of drug-likeness (QED) is 0.535. The van der Waals surface area contributed by atoms with Gasteiger partial charge in [-0.1, -0.05) is 60.1 Å². The molecule has 3 aromatic rings. The molecule has 1 saturated heterocycles. The van der Waals surface area contributed by atoms with Gasteiger partial charge in [0.15, 0.2) is 0 Å². The van der Waals surface area contributed by atoms with E-state index in [1.807, 2.05) is 36.4 Å². The highest BCUT2D eigenvalue weighted by atomic mass is 35.5. The molecule has 2 heterocycles. The number of hydrogen-bond acceptors (Lipinski definition) is 5. The van der Waals surface area contributed by atoms with Crippen LogP contribution >= 0.6 is 11.6 Å². The topological polar surface area (TPSA) is 71.3 Å². The number of rotatable bonds is 7. The zero-order valence-electron chi connectivity index (χ0n) is 18.6. The van der Waals surface area contributed by atoms with Crippen molar-refractivity contribution in [1.29, 1.82) is 0 Å². The number of nitrogens with one attached hydrogen (secondary N) is 1. The first kappa shape index (κ1) is 22.5. The van der Waals surface area contributed by atoms with Crippen LogP contribution in [0.4, 0.5) is 0 Å². The summed E-state index contributed by atoms with van der Waals surface area (Å²) in [5.41, 5.74) is 3.22. The zero-order chi connectivity index (χ0) is 22.5. The number of likely N-dealkylation sites (tertiary alicyclic amines) is 1. The molecule has 0 radical (unpaired) electrons. The Morgan fingerprint density at radius 2 is 2.12 bits per heavy atom. The molecule has 1 amide bonds. The molecule has 7 heteroatoms. The first-order chi connectivity index (χ1) is 15.5. The molecule has 168 valence electrons. The van der Waals surface area contributed by atoms with E-state index in [-0.39, 0.29) is 17.9 Å². The van der Waals surface area contributed by atoms with Crippen molar-refractivity contribution in [3.8, 4) is 11.4 Å². The maximum Gasteiger partial charge on any atom is 0.241 e. The van der Waals surface area contributed by atoms with Crippen LogP contribution in [0.25, 0.3) is 11.4 Å². The van der Waals surface area contributed by atoms with Crippen LogP contribution in [0.15, 0.2) is 53.1 Å². The SMILES string of the molecule is CCC(NC(=O)C1CCCN(Cc2nc(-c3cccc(Cl)c3)no2)C1)c1ccccc1C. The van der Waals surface area contributed by atoms with Gasteiger partial charge in [0, 0.05) is 17.1 Å². The predicted octanol–water partition coefficient (Wildman–Crippen LogP) is 5.18. The van der Waals surface area contributed by atoms with Crippen LogP contribution in [0, 0.1) is 12.8 Å². The van der Waals surface area contributed by atoms with Gasteiger partial charge in [0.05, 0.1) is 18.5 Å². The van der Waals surface area contributed by atoms with Gasteiger partial charge in [0.2, 0.25) is 17.6 Å². The minimum atomic E-state index is -0.0443. The summed E-state index contributed by atoms with van der Waals surface area (Å²) in [6, 6.07) is 15.7. The number of aromatic nitrogens is 2.